The van der Waals surface area contributed by atoms with Gasteiger partial charge in [0.05, 0.1) is 6.54 Å². The first-order valence-electron chi connectivity index (χ1n) is 7.00. The zero-order valence-electron chi connectivity index (χ0n) is 10.9. The molecule has 0 saturated heterocycles. The molecule has 2 saturated carbocycles. The molecule has 3 nitrogen and oxygen atoms in total. The van der Waals surface area contributed by atoms with E-state index in [1.165, 1.54) is 25.7 Å². The molecule has 4 heteroatoms. The summed E-state index contributed by atoms with van der Waals surface area (Å²) >= 11 is 2.26. The lowest BCUT2D eigenvalue weighted by molar-refractivity contribution is -0.117. The maximum absolute atomic E-state index is 12.1. The highest BCUT2D eigenvalue weighted by molar-refractivity contribution is 14.1. The summed E-state index contributed by atoms with van der Waals surface area (Å²) in [6.07, 6.45) is 5.23. The third-order valence-corrected chi connectivity index (χ3v) is 4.38. The number of nitrogens with one attached hydrogen (secondary N) is 1. The number of hydrogen-bond acceptors (Lipinski definition) is 2. The van der Waals surface area contributed by atoms with Gasteiger partial charge in [-0.3, -0.25) is 9.69 Å². The van der Waals surface area contributed by atoms with Crippen molar-refractivity contribution < 1.29 is 4.79 Å². The maximum atomic E-state index is 12.1. The van der Waals surface area contributed by atoms with Crippen LogP contribution in [0.15, 0.2) is 24.3 Å². The fourth-order valence-corrected chi connectivity index (χ4v) is 2.91. The van der Waals surface area contributed by atoms with Crippen LogP contribution in [0, 0.1) is 9.49 Å². The van der Waals surface area contributed by atoms with Gasteiger partial charge in [0.2, 0.25) is 5.91 Å². The van der Waals surface area contributed by atoms with E-state index in [2.05, 4.69) is 32.8 Å². The van der Waals surface area contributed by atoms with Crippen LogP contribution in [0.1, 0.15) is 25.7 Å². The van der Waals surface area contributed by atoms with E-state index in [1.807, 2.05) is 24.3 Å². The summed E-state index contributed by atoms with van der Waals surface area (Å²) in [5.41, 5.74) is 0.902. The fraction of sp³-hybridized carbons (Fsp3) is 0.533. The lowest BCUT2D eigenvalue weighted by Gasteiger charge is -2.21. The van der Waals surface area contributed by atoms with E-state index < -0.39 is 0 Å². The number of amides is 1. The van der Waals surface area contributed by atoms with Gasteiger partial charge in [-0.15, -0.1) is 0 Å². The highest BCUT2D eigenvalue weighted by Gasteiger charge is 2.34. The lowest BCUT2D eigenvalue weighted by atomic mass is 10.3. The van der Waals surface area contributed by atoms with Gasteiger partial charge in [0.25, 0.3) is 0 Å². The molecule has 1 amide bonds. The molecule has 0 aromatic heterocycles. The van der Waals surface area contributed by atoms with Crippen LogP contribution in [-0.2, 0) is 4.79 Å². The van der Waals surface area contributed by atoms with Crippen LogP contribution in [-0.4, -0.2) is 29.9 Å². The van der Waals surface area contributed by atoms with Gasteiger partial charge in [-0.05, 0) is 72.4 Å². The number of halogens is 1. The predicted octanol–water partition coefficient (Wildman–Crippen LogP) is 3.10. The molecule has 0 unspecified atom stereocenters. The van der Waals surface area contributed by atoms with Gasteiger partial charge in [-0.2, -0.15) is 0 Å². The molecule has 1 aromatic rings. The second kappa shape index (κ2) is 5.79. The minimum Gasteiger partial charge on any atom is -0.325 e. The Kier molecular flexibility index (Phi) is 4.07. The zero-order valence-corrected chi connectivity index (χ0v) is 13.1. The van der Waals surface area contributed by atoms with Crippen molar-refractivity contribution in [2.24, 2.45) is 5.92 Å². The number of carbonyl (C=O) groups excluding carboxylic acids is 1. The third kappa shape index (κ3) is 4.18. The molecule has 2 aliphatic carbocycles. The Morgan fingerprint density at radius 2 is 2.11 bits per heavy atom. The molecule has 3 rings (SSSR count). The van der Waals surface area contributed by atoms with Crippen molar-refractivity contribution in [2.45, 2.75) is 31.7 Å². The summed E-state index contributed by atoms with van der Waals surface area (Å²) in [4.78, 5) is 14.5. The summed E-state index contributed by atoms with van der Waals surface area (Å²) in [5.74, 6) is 0.973. The predicted molar refractivity (Wildman–Crippen MR) is 85.1 cm³/mol. The summed E-state index contributed by atoms with van der Waals surface area (Å²) in [7, 11) is 0. The SMILES string of the molecule is O=C(CN(CC1CC1)C1CC1)Nc1cccc(I)c1. The van der Waals surface area contributed by atoms with Crippen molar-refractivity contribution in [3.63, 3.8) is 0 Å². The van der Waals surface area contributed by atoms with Crippen molar-refractivity contribution >= 4 is 34.2 Å². The van der Waals surface area contributed by atoms with Crippen molar-refractivity contribution in [2.75, 3.05) is 18.4 Å². The van der Waals surface area contributed by atoms with Crippen molar-refractivity contribution in [1.82, 2.24) is 4.90 Å². The molecule has 2 fully saturated rings. The van der Waals surface area contributed by atoms with E-state index in [-0.39, 0.29) is 5.91 Å². The summed E-state index contributed by atoms with van der Waals surface area (Å²) < 4.78 is 1.15. The van der Waals surface area contributed by atoms with Crippen LogP contribution >= 0.6 is 22.6 Å². The Bertz CT molecular complexity index is 469. The van der Waals surface area contributed by atoms with Crippen molar-refractivity contribution in [3.05, 3.63) is 27.8 Å². The summed E-state index contributed by atoms with van der Waals surface area (Å²) in [6, 6.07) is 8.62. The average molecular weight is 370 g/mol. The molecule has 1 aromatic carbocycles. The number of anilines is 1. The minimum absolute atomic E-state index is 0.120. The van der Waals surface area contributed by atoms with E-state index in [9.17, 15) is 4.79 Å². The van der Waals surface area contributed by atoms with Crippen LogP contribution in [0.4, 0.5) is 5.69 Å². The van der Waals surface area contributed by atoms with Crippen LogP contribution in [0.5, 0.6) is 0 Å². The van der Waals surface area contributed by atoms with Crippen molar-refractivity contribution in [1.29, 1.82) is 0 Å². The Morgan fingerprint density at radius 1 is 1.32 bits per heavy atom. The monoisotopic (exact) mass is 370 g/mol. The van der Waals surface area contributed by atoms with Crippen LogP contribution in [0.25, 0.3) is 0 Å². The first kappa shape index (κ1) is 13.4. The zero-order chi connectivity index (χ0) is 13.2. The molecule has 0 spiro atoms. The Labute approximate surface area is 127 Å². The number of carbonyl (C=O) groups is 1. The van der Waals surface area contributed by atoms with E-state index in [4.69, 9.17) is 0 Å². The Morgan fingerprint density at radius 3 is 2.74 bits per heavy atom. The van der Waals surface area contributed by atoms with Gasteiger partial charge in [-0.1, -0.05) is 6.07 Å². The van der Waals surface area contributed by atoms with Crippen LogP contribution in [0.3, 0.4) is 0 Å². The first-order valence-corrected chi connectivity index (χ1v) is 8.08. The molecule has 2 aliphatic rings. The molecule has 102 valence electrons. The minimum atomic E-state index is 0.120. The Hall–Kier alpha value is -0.620. The highest BCUT2D eigenvalue weighted by Crippen LogP contribution is 2.34. The van der Waals surface area contributed by atoms with Crippen LogP contribution < -0.4 is 5.32 Å². The highest BCUT2D eigenvalue weighted by atomic mass is 127. The van der Waals surface area contributed by atoms with Gasteiger partial charge in [0.15, 0.2) is 0 Å². The van der Waals surface area contributed by atoms with Crippen LogP contribution in [0.2, 0.25) is 0 Å². The molecule has 1 N–H and O–H groups in total. The molecule has 0 atom stereocenters. The molecule has 19 heavy (non-hydrogen) atoms. The summed E-state index contributed by atoms with van der Waals surface area (Å²) in [5, 5.41) is 3.00. The van der Waals surface area contributed by atoms with Gasteiger partial charge >= 0.3 is 0 Å². The number of benzene rings is 1. The molecule has 0 radical (unpaired) electrons. The maximum Gasteiger partial charge on any atom is 0.238 e. The van der Waals surface area contributed by atoms with E-state index in [0.29, 0.717) is 12.6 Å². The summed E-state index contributed by atoms with van der Waals surface area (Å²) in [6.45, 7) is 1.66. The number of hydrogen-bond donors (Lipinski definition) is 1. The number of rotatable bonds is 6. The smallest absolute Gasteiger partial charge is 0.238 e. The molecular formula is C15H19IN2O. The third-order valence-electron chi connectivity index (χ3n) is 3.71. The van der Waals surface area contributed by atoms with Crippen molar-refractivity contribution in [3.8, 4) is 0 Å². The molecular weight excluding hydrogens is 351 g/mol. The largest absolute Gasteiger partial charge is 0.325 e. The van der Waals surface area contributed by atoms with E-state index >= 15 is 0 Å². The Balaban J connectivity index is 1.54. The number of nitrogens with zero attached hydrogens (tertiary/aromatic N) is 1. The molecule has 0 aliphatic heterocycles. The quantitative estimate of drug-likeness (QED) is 0.781. The standard InChI is InChI=1S/C15H19IN2O/c16-12-2-1-3-13(8-12)17-15(19)10-18(14-6-7-14)9-11-4-5-11/h1-3,8,11,14H,4-7,9-10H2,(H,17,19). The average Bonchev–Trinajstić information content (AvgIpc) is 3.23. The van der Waals surface area contributed by atoms with Gasteiger partial charge in [0.1, 0.15) is 0 Å². The van der Waals surface area contributed by atoms with E-state index in [0.717, 1.165) is 21.7 Å². The fourth-order valence-electron chi connectivity index (χ4n) is 2.37. The normalized spacial score (nSPS) is 18.6. The second-order valence-corrected chi connectivity index (χ2v) is 6.91. The van der Waals surface area contributed by atoms with Gasteiger partial charge < -0.3 is 5.32 Å². The van der Waals surface area contributed by atoms with Gasteiger partial charge in [0, 0.05) is 21.8 Å². The lowest BCUT2D eigenvalue weighted by Crippen LogP contribution is -2.36. The topological polar surface area (TPSA) is 32.3 Å². The second-order valence-electron chi connectivity index (χ2n) is 5.66. The van der Waals surface area contributed by atoms with Gasteiger partial charge in [-0.25, -0.2) is 0 Å². The first-order chi connectivity index (χ1) is 9.20. The molecule has 0 heterocycles. The van der Waals surface area contributed by atoms with E-state index in [1.54, 1.807) is 0 Å². The molecule has 0 bridgehead atoms.